The minimum Gasteiger partial charge on any atom is -0.0998 e. The zero-order chi connectivity index (χ0) is 9.68. The van der Waals surface area contributed by atoms with Crippen molar-refractivity contribution in [3.63, 3.8) is 0 Å². The standard InChI is InChI=1S/C13H20/c1-4-5-12-6-8-13(9-7-12)10-11(2)3/h6,8-9,12H,2,4-5,7,10H2,1,3H3. The van der Waals surface area contributed by atoms with Crippen LogP contribution in [0.3, 0.4) is 0 Å². The first-order chi connectivity index (χ1) is 6.22. The second kappa shape index (κ2) is 5.06. The zero-order valence-corrected chi connectivity index (χ0v) is 8.84. The lowest BCUT2D eigenvalue weighted by Crippen LogP contribution is -1.99. The van der Waals surface area contributed by atoms with Crippen molar-refractivity contribution in [3.05, 3.63) is 36.0 Å². The van der Waals surface area contributed by atoms with Gasteiger partial charge in [-0.3, -0.25) is 0 Å². The molecule has 1 aliphatic carbocycles. The maximum atomic E-state index is 3.93. The molecule has 0 spiro atoms. The maximum absolute atomic E-state index is 3.93. The number of hydrogen-bond donors (Lipinski definition) is 0. The molecule has 0 saturated heterocycles. The fraction of sp³-hybridized carbons (Fsp3) is 0.538. The van der Waals surface area contributed by atoms with Crippen LogP contribution in [0.15, 0.2) is 36.0 Å². The smallest absolute Gasteiger partial charge is 0.00758 e. The molecule has 0 aliphatic heterocycles. The van der Waals surface area contributed by atoms with Crippen molar-refractivity contribution in [2.45, 2.75) is 39.5 Å². The molecule has 13 heavy (non-hydrogen) atoms. The van der Waals surface area contributed by atoms with E-state index in [1.54, 1.807) is 0 Å². The van der Waals surface area contributed by atoms with Crippen LogP contribution >= 0.6 is 0 Å². The van der Waals surface area contributed by atoms with Crippen LogP contribution in [0.2, 0.25) is 0 Å². The van der Waals surface area contributed by atoms with Crippen molar-refractivity contribution < 1.29 is 0 Å². The molecule has 72 valence electrons. The highest BCUT2D eigenvalue weighted by molar-refractivity contribution is 5.27. The second-order valence-electron chi connectivity index (χ2n) is 4.06. The molecule has 0 heteroatoms. The Morgan fingerprint density at radius 1 is 1.62 bits per heavy atom. The molecule has 0 nitrogen and oxygen atoms in total. The first-order valence-electron chi connectivity index (χ1n) is 5.24. The second-order valence-corrected chi connectivity index (χ2v) is 4.06. The van der Waals surface area contributed by atoms with Gasteiger partial charge in [0, 0.05) is 0 Å². The van der Waals surface area contributed by atoms with E-state index in [4.69, 9.17) is 0 Å². The molecule has 0 bridgehead atoms. The van der Waals surface area contributed by atoms with Crippen molar-refractivity contribution >= 4 is 0 Å². The lowest BCUT2D eigenvalue weighted by Gasteiger charge is -2.15. The van der Waals surface area contributed by atoms with Crippen LogP contribution in [0, 0.1) is 5.92 Å². The maximum Gasteiger partial charge on any atom is -0.00758 e. The van der Waals surface area contributed by atoms with E-state index in [0.29, 0.717) is 0 Å². The third-order valence-corrected chi connectivity index (χ3v) is 2.43. The summed E-state index contributed by atoms with van der Waals surface area (Å²) in [6, 6.07) is 0. The molecule has 1 aliphatic rings. The van der Waals surface area contributed by atoms with Crippen LogP contribution in [0.4, 0.5) is 0 Å². The molecular formula is C13H20. The molecule has 0 N–H and O–H groups in total. The molecule has 0 radical (unpaired) electrons. The van der Waals surface area contributed by atoms with Crippen molar-refractivity contribution in [1.29, 1.82) is 0 Å². The van der Waals surface area contributed by atoms with E-state index < -0.39 is 0 Å². The summed E-state index contributed by atoms with van der Waals surface area (Å²) >= 11 is 0. The van der Waals surface area contributed by atoms with E-state index in [2.05, 4.69) is 38.7 Å². The van der Waals surface area contributed by atoms with Gasteiger partial charge in [-0.05, 0) is 37.7 Å². The van der Waals surface area contributed by atoms with Gasteiger partial charge < -0.3 is 0 Å². The summed E-state index contributed by atoms with van der Waals surface area (Å²) in [6.07, 6.45) is 11.9. The molecule has 1 atom stereocenters. The SMILES string of the molecule is C=C(C)CC1=CCC(CCC)C=C1. The molecule has 0 aromatic rings. The van der Waals surface area contributed by atoms with Crippen molar-refractivity contribution in [1.82, 2.24) is 0 Å². The topological polar surface area (TPSA) is 0 Å². The first kappa shape index (κ1) is 10.3. The molecule has 1 unspecified atom stereocenters. The third kappa shape index (κ3) is 3.63. The summed E-state index contributed by atoms with van der Waals surface area (Å²) in [7, 11) is 0. The lowest BCUT2D eigenvalue weighted by atomic mass is 9.91. The number of allylic oxidation sites excluding steroid dienone is 5. The van der Waals surface area contributed by atoms with E-state index >= 15 is 0 Å². The van der Waals surface area contributed by atoms with Crippen LogP contribution in [-0.4, -0.2) is 0 Å². The van der Waals surface area contributed by atoms with Gasteiger partial charge in [-0.15, -0.1) is 0 Å². The Bertz CT molecular complexity index is 230. The van der Waals surface area contributed by atoms with Gasteiger partial charge in [0.25, 0.3) is 0 Å². The van der Waals surface area contributed by atoms with Crippen molar-refractivity contribution in [3.8, 4) is 0 Å². The third-order valence-electron chi connectivity index (χ3n) is 2.43. The predicted molar refractivity (Wildman–Crippen MR) is 59.7 cm³/mol. The Labute approximate surface area is 82.0 Å². The molecule has 1 rings (SSSR count). The Kier molecular flexibility index (Phi) is 4.01. The van der Waals surface area contributed by atoms with Gasteiger partial charge in [-0.2, -0.15) is 0 Å². The van der Waals surface area contributed by atoms with Gasteiger partial charge in [-0.1, -0.05) is 43.7 Å². The van der Waals surface area contributed by atoms with Crippen LogP contribution in [0.5, 0.6) is 0 Å². The molecule has 0 heterocycles. The normalized spacial score (nSPS) is 21.4. The summed E-state index contributed by atoms with van der Waals surface area (Å²) in [5, 5.41) is 0. The highest BCUT2D eigenvalue weighted by atomic mass is 14.1. The quantitative estimate of drug-likeness (QED) is 0.561. The molecule has 0 aromatic heterocycles. The van der Waals surface area contributed by atoms with Gasteiger partial charge in [0.2, 0.25) is 0 Å². The van der Waals surface area contributed by atoms with Gasteiger partial charge in [0.1, 0.15) is 0 Å². The average Bonchev–Trinajstić information content (AvgIpc) is 2.08. The Morgan fingerprint density at radius 3 is 2.85 bits per heavy atom. The summed E-state index contributed by atoms with van der Waals surface area (Å²) in [5.74, 6) is 0.791. The number of rotatable bonds is 4. The predicted octanol–water partition coefficient (Wildman–Crippen LogP) is 4.26. The highest BCUT2D eigenvalue weighted by Crippen LogP contribution is 2.23. The van der Waals surface area contributed by atoms with E-state index in [-0.39, 0.29) is 0 Å². The fourth-order valence-electron chi connectivity index (χ4n) is 1.77. The van der Waals surface area contributed by atoms with Gasteiger partial charge in [0.15, 0.2) is 0 Å². The first-order valence-corrected chi connectivity index (χ1v) is 5.24. The van der Waals surface area contributed by atoms with Crippen molar-refractivity contribution in [2.24, 2.45) is 5.92 Å². The largest absolute Gasteiger partial charge is 0.0998 e. The van der Waals surface area contributed by atoms with E-state index in [9.17, 15) is 0 Å². The van der Waals surface area contributed by atoms with Crippen molar-refractivity contribution in [2.75, 3.05) is 0 Å². The van der Waals surface area contributed by atoms with E-state index in [1.165, 1.54) is 30.4 Å². The van der Waals surface area contributed by atoms with Crippen LogP contribution in [-0.2, 0) is 0 Å². The molecule has 0 amide bonds. The Morgan fingerprint density at radius 2 is 2.38 bits per heavy atom. The summed E-state index contributed by atoms with van der Waals surface area (Å²) in [5.41, 5.74) is 2.70. The number of hydrogen-bond acceptors (Lipinski definition) is 0. The van der Waals surface area contributed by atoms with Gasteiger partial charge >= 0.3 is 0 Å². The Balaban J connectivity index is 2.40. The average molecular weight is 176 g/mol. The van der Waals surface area contributed by atoms with Crippen LogP contribution < -0.4 is 0 Å². The van der Waals surface area contributed by atoms with Gasteiger partial charge in [0.05, 0.1) is 0 Å². The molecule has 0 aromatic carbocycles. The summed E-state index contributed by atoms with van der Waals surface area (Å²) in [6.45, 7) is 8.27. The summed E-state index contributed by atoms with van der Waals surface area (Å²) < 4.78 is 0. The van der Waals surface area contributed by atoms with Crippen LogP contribution in [0.25, 0.3) is 0 Å². The molecule has 0 fully saturated rings. The van der Waals surface area contributed by atoms with E-state index in [1.807, 2.05) is 0 Å². The minimum atomic E-state index is 0.791. The van der Waals surface area contributed by atoms with Crippen LogP contribution in [0.1, 0.15) is 39.5 Å². The fourth-order valence-corrected chi connectivity index (χ4v) is 1.77. The monoisotopic (exact) mass is 176 g/mol. The molecule has 0 saturated carbocycles. The summed E-state index contributed by atoms with van der Waals surface area (Å²) in [4.78, 5) is 0. The highest BCUT2D eigenvalue weighted by Gasteiger charge is 2.07. The minimum absolute atomic E-state index is 0.791. The molecular weight excluding hydrogens is 156 g/mol. The lowest BCUT2D eigenvalue weighted by molar-refractivity contribution is 0.581. The zero-order valence-electron chi connectivity index (χ0n) is 8.84. The van der Waals surface area contributed by atoms with E-state index in [0.717, 1.165) is 12.3 Å². The Hall–Kier alpha value is -0.780. The van der Waals surface area contributed by atoms with Gasteiger partial charge in [-0.25, -0.2) is 0 Å².